The lowest BCUT2D eigenvalue weighted by atomic mass is 10.3. The number of halogens is 2. The van der Waals surface area contributed by atoms with E-state index < -0.39 is 0 Å². The molecule has 0 radical (unpaired) electrons. The average molecular weight is 315 g/mol. The van der Waals surface area contributed by atoms with Gasteiger partial charge in [-0.25, -0.2) is 9.97 Å². The Balaban J connectivity index is 2.04. The van der Waals surface area contributed by atoms with E-state index in [2.05, 4.69) is 25.9 Å². The highest BCUT2D eigenvalue weighted by Gasteiger charge is 2.02. The Bertz CT molecular complexity index is 498. The zero-order chi connectivity index (χ0) is 12.3. The van der Waals surface area contributed by atoms with E-state index in [1.54, 1.807) is 6.07 Å². The van der Waals surface area contributed by atoms with E-state index in [1.165, 1.54) is 0 Å². The number of nitrogen functional groups attached to an aromatic ring is 1. The average Bonchev–Trinajstić information content (AvgIpc) is 2.27. The Morgan fingerprint density at radius 3 is 2.59 bits per heavy atom. The van der Waals surface area contributed by atoms with Crippen LogP contribution in [0.25, 0.3) is 0 Å². The molecule has 0 aliphatic rings. The summed E-state index contributed by atoms with van der Waals surface area (Å²) in [6.45, 7) is 0.300. The summed E-state index contributed by atoms with van der Waals surface area (Å²) in [5, 5.41) is 0.312. The lowest BCUT2D eigenvalue weighted by Crippen LogP contribution is -2.03. The fourth-order valence-electron chi connectivity index (χ4n) is 1.25. The molecule has 0 spiro atoms. The summed E-state index contributed by atoms with van der Waals surface area (Å²) in [5.74, 6) is 0.897. The first-order valence-corrected chi connectivity index (χ1v) is 5.98. The van der Waals surface area contributed by atoms with Gasteiger partial charge in [-0.05, 0) is 24.3 Å². The summed E-state index contributed by atoms with van der Waals surface area (Å²) in [7, 11) is 0. The quantitative estimate of drug-likeness (QED) is 0.885. The molecule has 0 unspecified atom stereocenters. The van der Waals surface area contributed by atoms with E-state index in [4.69, 9.17) is 22.1 Å². The zero-order valence-corrected chi connectivity index (χ0v) is 11.1. The molecule has 0 saturated heterocycles. The third-order valence-electron chi connectivity index (χ3n) is 1.97. The standard InChI is InChI=1S/C11H9BrClN3O/c12-7-1-3-9(4-2-7)17-6-8-5-10(13)16-11(14)15-8/h1-5H,6H2,(H2,14,15,16). The van der Waals surface area contributed by atoms with Crippen LogP contribution in [0.15, 0.2) is 34.8 Å². The van der Waals surface area contributed by atoms with Crippen molar-refractivity contribution < 1.29 is 4.74 Å². The SMILES string of the molecule is Nc1nc(Cl)cc(COc2ccc(Br)cc2)n1. The molecule has 4 nitrogen and oxygen atoms in total. The Morgan fingerprint density at radius 2 is 1.94 bits per heavy atom. The van der Waals surface area contributed by atoms with Gasteiger partial charge in [-0.2, -0.15) is 0 Å². The number of anilines is 1. The van der Waals surface area contributed by atoms with Crippen molar-refractivity contribution in [2.45, 2.75) is 6.61 Å². The van der Waals surface area contributed by atoms with E-state index in [-0.39, 0.29) is 5.95 Å². The first kappa shape index (κ1) is 12.1. The highest BCUT2D eigenvalue weighted by Crippen LogP contribution is 2.17. The number of hydrogen-bond donors (Lipinski definition) is 1. The van der Waals surface area contributed by atoms with Gasteiger partial charge in [0.25, 0.3) is 0 Å². The Labute approximate surface area is 112 Å². The third-order valence-corrected chi connectivity index (χ3v) is 2.69. The molecule has 0 atom stereocenters. The maximum Gasteiger partial charge on any atom is 0.221 e. The molecule has 2 rings (SSSR count). The minimum absolute atomic E-state index is 0.145. The van der Waals surface area contributed by atoms with Crippen LogP contribution < -0.4 is 10.5 Å². The van der Waals surface area contributed by atoms with Gasteiger partial charge in [0.2, 0.25) is 5.95 Å². The summed E-state index contributed by atoms with van der Waals surface area (Å²) in [6.07, 6.45) is 0. The molecule has 0 amide bonds. The monoisotopic (exact) mass is 313 g/mol. The van der Waals surface area contributed by atoms with Crippen LogP contribution in [0.2, 0.25) is 5.15 Å². The van der Waals surface area contributed by atoms with Crippen molar-refractivity contribution in [1.82, 2.24) is 9.97 Å². The predicted molar refractivity (Wildman–Crippen MR) is 69.9 cm³/mol. The fraction of sp³-hybridized carbons (Fsp3) is 0.0909. The van der Waals surface area contributed by atoms with Crippen molar-refractivity contribution in [2.24, 2.45) is 0 Å². The van der Waals surface area contributed by atoms with Gasteiger partial charge in [0.1, 0.15) is 17.5 Å². The molecule has 2 N–H and O–H groups in total. The number of hydrogen-bond acceptors (Lipinski definition) is 4. The van der Waals surface area contributed by atoms with Crippen LogP contribution in [-0.4, -0.2) is 9.97 Å². The second kappa shape index (κ2) is 5.33. The predicted octanol–water partition coefficient (Wildman–Crippen LogP) is 3.05. The summed E-state index contributed by atoms with van der Waals surface area (Å²) in [4.78, 5) is 7.79. The summed E-state index contributed by atoms with van der Waals surface area (Å²) in [6, 6.07) is 9.14. The van der Waals surface area contributed by atoms with E-state index in [1.807, 2.05) is 24.3 Å². The Morgan fingerprint density at radius 1 is 1.24 bits per heavy atom. The van der Waals surface area contributed by atoms with E-state index in [0.717, 1.165) is 10.2 Å². The first-order chi connectivity index (χ1) is 8.13. The molecule has 17 heavy (non-hydrogen) atoms. The lowest BCUT2D eigenvalue weighted by molar-refractivity contribution is 0.301. The summed E-state index contributed by atoms with van der Waals surface area (Å²) < 4.78 is 6.53. The number of nitrogens with two attached hydrogens (primary N) is 1. The van der Waals surface area contributed by atoms with Crippen molar-refractivity contribution in [3.05, 3.63) is 45.7 Å². The molecule has 2 aromatic rings. The highest BCUT2D eigenvalue weighted by molar-refractivity contribution is 9.10. The summed E-state index contributed by atoms with van der Waals surface area (Å²) >= 11 is 9.11. The molecule has 0 aliphatic carbocycles. The molecule has 1 aromatic carbocycles. The van der Waals surface area contributed by atoms with Crippen molar-refractivity contribution >= 4 is 33.5 Å². The van der Waals surface area contributed by atoms with Crippen molar-refractivity contribution in [3.63, 3.8) is 0 Å². The second-order valence-electron chi connectivity index (χ2n) is 3.28. The Kier molecular flexibility index (Phi) is 3.81. The van der Waals surface area contributed by atoms with Gasteiger partial charge in [0, 0.05) is 10.5 Å². The van der Waals surface area contributed by atoms with Gasteiger partial charge in [-0.1, -0.05) is 27.5 Å². The molecule has 1 aromatic heterocycles. The van der Waals surface area contributed by atoms with Crippen LogP contribution in [0, 0.1) is 0 Å². The molecule has 1 heterocycles. The molecular formula is C11H9BrClN3O. The minimum Gasteiger partial charge on any atom is -0.487 e. The number of rotatable bonds is 3. The van der Waals surface area contributed by atoms with E-state index in [9.17, 15) is 0 Å². The number of aromatic nitrogens is 2. The molecule has 0 saturated carbocycles. The van der Waals surface area contributed by atoms with Crippen molar-refractivity contribution in [3.8, 4) is 5.75 Å². The summed E-state index contributed by atoms with van der Waals surface area (Å²) in [5.41, 5.74) is 6.12. The maximum absolute atomic E-state index is 5.76. The molecule has 0 bridgehead atoms. The smallest absolute Gasteiger partial charge is 0.221 e. The number of nitrogens with zero attached hydrogens (tertiary/aromatic N) is 2. The molecular weight excluding hydrogens is 305 g/mol. The van der Waals surface area contributed by atoms with Gasteiger partial charge in [-0.15, -0.1) is 0 Å². The highest BCUT2D eigenvalue weighted by atomic mass is 79.9. The largest absolute Gasteiger partial charge is 0.487 e. The van der Waals surface area contributed by atoms with Gasteiger partial charge >= 0.3 is 0 Å². The molecule has 0 fully saturated rings. The first-order valence-electron chi connectivity index (χ1n) is 4.81. The van der Waals surface area contributed by atoms with Gasteiger partial charge in [-0.3, -0.25) is 0 Å². The van der Waals surface area contributed by atoms with Crippen LogP contribution >= 0.6 is 27.5 Å². The van der Waals surface area contributed by atoms with Crippen LogP contribution in [0.3, 0.4) is 0 Å². The molecule has 6 heteroatoms. The van der Waals surface area contributed by atoms with Crippen LogP contribution in [0.4, 0.5) is 5.95 Å². The van der Waals surface area contributed by atoms with Crippen LogP contribution in [0.1, 0.15) is 5.69 Å². The zero-order valence-electron chi connectivity index (χ0n) is 8.73. The van der Waals surface area contributed by atoms with Gasteiger partial charge < -0.3 is 10.5 Å². The Hall–Kier alpha value is -1.33. The fourth-order valence-corrected chi connectivity index (χ4v) is 1.72. The number of benzene rings is 1. The van der Waals surface area contributed by atoms with Crippen LogP contribution in [0.5, 0.6) is 5.75 Å². The van der Waals surface area contributed by atoms with Crippen molar-refractivity contribution in [1.29, 1.82) is 0 Å². The van der Waals surface area contributed by atoms with Gasteiger partial charge in [0.15, 0.2) is 0 Å². The number of ether oxygens (including phenoxy) is 1. The van der Waals surface area contributed by atoms with E-state index in [0.29, 0.717) is 17.5 Å². The maximum atomic E-state index is 5.76. The minimum atomic E-state index is 0.145. The normalized spacial score (nSPS) is 10.2. The van der Waals surface area contributed by atoms with Gasteiger partial charge in [0.05, 0.1) is 5.69 Å². The van der Waals surface area contributed by atoms with Crippen molar-refractivity contribution in [2.75, 3.05) is 5.73 Å². The topological polar surface area (TPSA) is 61.0 Å². The molecule has 0 aliphatic heterocycles. The lowest BCUT2D eigenvalue weighted by Gasteiger charge is -2.06. The second-order valence-corrected chi connectivity index (χ2v) is 4.59. The molecule has 88 valence electrons. The third kappa shape index (κ3) is 3.57. The van der Waals surface area contributed by atoms with Crippen LogP contribution in [-0.2, 0) is 6.61 Å². The van der Waals surface area contributed by atoms with E-state index >= 15 is 0 Å².